The lowest BCUT2D eigenvalue weighted by molar-refractivity contribution is -0.132. The number of ether oxygens (including phenoxy) is 2. The summed E-state index contributed by atoms with van der Waals surface area (Å²) in [7, 11) is 1.56. The average molecular weight is 257 g/mol. The van der Waals surface area contributed by atoms with Gasteiger partial charge in [-0.2, -0.15) is 0 Å². The van der Waals surface area contributed by atoms with Crippen LogP contribution in [0.1, 0.15) is 46.5 Å². The predicted octanol–water partition coefficient (Wildman–Crippen LogP) is 2.12. The highest BCUT2D eigenvalue weighted by Gasteiger charge is 2.29. The molecule has 0 aliphatic carbocycles. The Morgan fingerprint density at radius 1 is 1.44 bits per heavy atom. The van der Waals surface area contributed by atoms with Crippen LogP contribution in [0.2, 0.25) is 0 Å². The van der Waals surface area contributed by atoms with Gasteiger partial charge in [-0.05, 0) is 25.7 Å². The van der Waals surface area contributed by atoms with Crippen molar-refractivity contribution in [3.8, 4) is 0 Å². The second kappa shape index (κ2) is 7.74. The highest BCUT2D eigenvalue weighted by atomic mass is 16.5. The van der Waals surface area contributed by atoms with Crippen LogP contribution < -0.4 is 5.32 Å². The van der Waals surface area contributed by atoms with Gasteiger partial charge in [0, 0.05) is 19.8 Å². The Kier molecular flexibility index (Phi) is 6.65. The van der Waals surface area contributed by atoms with Gasteiger partial charge in [0.15, 0.2) is 0 Å². The third-order valence-electron chi connectivity index (χ3n) is 3.96. The van der Waals surface area contributed by atoms with E-state index in [-0.39, 0.29) is 24.2 Å². The van der Waals surface area contributed by atoms with Gasteiger partial charge in [0.2, 0.25) is 5.91 Å². The van der Waals surface area contributed by atoms with Crippen molar-refractivity contribution in [1.82, 2.24) is 5.32 Å². The monoisotopic (exact) mass is 257 g/mol. The summed E-state index contributed by atoms with van der Waals surface area (Å²) >= 11 is 0. The topological polar surface area (TPSA) is 47.6 Å². The largest absolute Gasteiger partial charge is 0.378 e. The van der Waals surface area contributed by atoms with E-state index in [1.807, 2.05) is 0 Å². The van der Waals surface area contributed by atoms with Crippen LogP contribution in [0.3, 0.4) is 0 Å². The third kappa shape index (κ3) is 4.25. The minimum absolute atomic E-state index is 0.0207. The Morgan fingerprint density at radius 3 is 2.67 bits per heavy atom. The quantitative estimate of drug-likeness (QED) is 0.793. The van der Waals surface area contributed by atoms with E-state index in [4.69, 9.17) is 9.47 Å². The molecule has 0 bridgehead atoms. The minimum atomic E-state index is -0.376. The van der Waals surface area contributed by atoms with E-state index in [2.05, 4.69) is 19.2 Å². The minimum Gasteiger partial charge on any atom is -0.378 e. The molecule has 0 radical (unpaired) electrons. The second-order valence-electron chi connectivity index (χ2n) is 5.09. The SMILES string of the molecule is CCC(CC)[C@@H]1C[C@H](NC(=O)[C@H](C)OC)CCO1. The molecule has 0 aromatic heterocycles. The molecule has 106 valence electrons. The second-order valence-corrected chi connectivity index (χ2v) is 5.09. The maximum absolute atomic E-state index is 11.8. The smallest absolute Gasteiger partial charge is 0.249 e. The van der Waals surface area contributed by atoms with E-state index >= 15 is 0 Å². The van der Waals surface area contributed by atoms with Crippen molar-refractivity contribution in [2.45, 2.75) is 64.7 Å². The Balaban J connectivity index is 2.46. The Labute approximate surface area is 110 Å². The number of carbonyl (C=O) groups excluding carboxylic acids is 1. The maximum atomic E-state index is 11.8. The molecule has 0 spiro atoms. The lowest BCUT2D eigenvalue weighted by Crippen LogP contribution is -2.47. The number of methoxy groups -OCH3 is 1. The van der Waals surface area contributed by atoms with Gasteiger partial charge < -0.3 is 14.8 Å². The summed E-state index contributed by atoms with van der Waals surface area (Å²) in [5.41, 5.74) is 0. The molecule has 0 saturated carbocycles. The summed E-state index contributed by atoms with van der Waals surface area (Å²) < 4.78 is 10.9. The predicted molar refractivity (Wildman–Crippen MR) is 71.4 cm³/mol. The Bertz CT molecular complexity index is 253. The number of amides is 1. The number of hydrogen-bond donors (Lipinski definition) is 1. The first-order chi connectivity index (χ1) is 8.62. The summed E-state index contributed by atoms with van der Waals surface area (Å²) in [6, 6.07) is 0.231. The molecular weight excluding hydrogens is 230 g/mol. The highest BCUT2D eigenvalue weighted by Crippen LogP contribution is 2.25. The van der Waals surface area contributed by atoms with Gasteiger partial charge in [-0.3, -0.25) is 4.79 Å². The summed E-state index contributed by atoms with van der Waals surface area (Å²) in [5.74, 6) is 0.581. The van der Waals surface area contributed by atoms with Gasteiger partial charge >= 0.3 is 0 Å². The molecule has 3 atom stereocenters. The van der Waals surface area contributed by atoms with Crippen LogP contribution in [-0.2, 0) is 14.3 Å². The van der Waals surface area contributed by atoms with Gasteiger partial charge in [-0.15, -0.1) is 0 Å². The van der Waals surface area contributed by atoms with Gasteiger partial charge in [-0.25, -0.2) is 0 Å². The number of hydrogen-bond acceptors (Lipinski definition) is 3. The van der Waals surface area contributed by atoms with Gasteiger partial charge in [-0.1, -0.05) is 26.7 Å². The van der Waals surface area contributed by atoms with E-state index in [0.29, 0.717) is 5.92 Å². The molecule has 1 N–H and O–H groups in total. The molecule has 4 heteroatoms. The molecule has 0 unspecified atom stereocenters. The molecule has 0 aromatic carbocycles. The van der Waals surface area contributed by atoms with E-state index in [0.717, 1.165) is 32.3 Å². The molecule has 1 amide bonds. The number of rotatable bonds is 6. The van der Waals surface area contributed by atoms with Crippen molar-refractivity contribution in [2.75, 3.05) is 13.7 Å². The molecule has 1 saturated heterocycles. The molecule has 1 rings (SSSR count). The van der Waals surface area contributed by atoms with Crippen LogP contribution in [0, 0.1) is 5.92 Å². The van der Waals surface area contributed by atoms with Crippen LogP contribution in [0.25, 0.3) is 0 Å². The van der Waals surface area contributed by atoms with Gasteiger partial charge in [0.25, 0.3) is 0 Å². The highest BCUT2D eigenvalue weighted by molar-refractivity contribution is 5.80. The van der Waals surface area contributed by atoms with Crippen molar-refractivity contribution < 1.29 is 14.3 Å². The van der Waals surface area contributed by atoms with Crippen molar-refractivity contribution >= 4 is 5.91 Å². The first-order valence-electron chi connectivity index (χ1n) is 7.07. The van der Waals surface area contributed by atoms with Gasteiger partial charge in [0.1, 0.15) is 6.10 Å². The zero-order chi connectivity index (χ0) is 13.5. The maximum Gasteiger partial charge on any atom is 0.249 e. The summed E-state index contributed by atoms with van der Waals surface area (Å²) in [4.78, 5) is 11.8. The van der Waals surface area contributed by atoms with E-state index in [9.17, 15) is 4.79 Å². The zero-order valence-electron chi connectivity index (χ0n) is 12.1. The standard InChI is InChI=1S/C14H27NO3/c1-5-11(6-2)13-9-12(7-8-18-13)15-14(16)10(3)17-4/h10-13H,5-9H2,1-4H3,(H,15,16)/t10-,12+,13-/m0/s1. The molecule has 0 aromatic rings. The fourth-order valence-electron chi connectivity index (χ4n) is 2.53. The number of nitrogens with one attached hydrogen (secondary N) is 1. The molecule has 1 fully saturated rings. The molecule has 18 heavy (non-hydrogen) atoms. The fraction of sp³-hybridized carbons (Fsp3) is 0.929. The van der Waals surface area contributed by atoms with Crippen molar-refractivity contribution in [3.63, 3.8) is 0 Å². The van der Waals surface area contributed by atoms with Gasteiger partial charge in [0.05, 0.1) is 6.10 Å². The lowest BCUT2D eigenvalue weighted by Gasteiger charge is -2.34. The first kappa shape index (κ1) is 15.4. The molecule has 1 aliphatic heterocycles. The van der Waals surface area contributed by atoms with Crippen LogP contribution in [0.15, 0.2) is 0 Å². The Morgan fingerprint density at radius 2 is 2.11 bits per heavy atom. The number of carbonyl (C=O) groups is 1. The third-order valence-corrected chi connectivity index (χ3v) is 3.96. The molecule has 1 heterocycles. The normalized spacial score (nSPS) is 26.1. The molecular formula is C14H27NO3. The molecule has 1 aliphatic rings. The van der Waals surface area contributed by atoms with Crippen molar-refractivity contribution in [1.29, 1.82) is 0 Å². The lowest BCUT2D eigenvalue weighted by atomic mass is 9.89. The van der Waals surface area contributed by atoms with Crippen LogP contribution in [0.5, 0.6) is 0 Å². The van der Waals surface area contributed by atoms with Crippen molar-refractivity contribution in [3.05, 3.63) is 0 Å². The van der Waals surface area contributed by atoms with Crippen molar-refractivity contribution in [2.24, 2.45) is 5.92 Å². The van der Waals surface area contributed by atoms with Crippen LogP contribution >= 0.6 is 0 Å². The van der Waals surface area contributed by atoms with Crippen LogP contribution in [0.4, 0.5) is 0 Å². The zero-order valence-corrected chi connectivity index (χ0v) is 12.1. The average Bonchev–Trinajstić information content (AvgIpc) is 2.39. The first-order valence-corrected chi connectivity index (χ1v) is 7.07. The fourth-order valence-corrected chi connectivity index (χ4v) is 2.53. The Hall–Kier alpha value is -0.610. The summed E-state index contributed by atoms with van der Waals surface area (Å²) in [6.45, 7) is 6.92. The summed E-state index contributed by atoms with van der Waals surface area (Å²) in [5, 5.41) is 3.06. The van der Waals surface area contributed by atoms with E-state index in [1.54, 1.807) is 14.0 Å². The van der Waals surface area contributed by atoms with Crippen LogP contribution in [-0.4, -0.2) is 37.9 Å². The van der Waals surface area contributed by atoms with E-state index in [1.165, 1.54) is 0 Å². The summed E-state index contributed by atoms with van der Waals surface area (Å²) in [6.07, 6.45) is 4.01. The van der Waals surface area contributed by atoms with E-state index < -0.39 is 0 Å². The molecule has 4 nitrogen and oxygen atoms in total.